The lowest BCUT2D eigenvalue weighted by Gasteiger charge is -2.06. The van der Waals surface area contributed by atoms with Crippen molar-refractivity contribution in [2.75, 3.05) is 6.54 Å². The highest BCUT2D eigenvalue weighted by molar-refractivity contribution is 5.82. The quantitative estimate of drug-likeness (QED) is 0.717. The van der Waals surface area contributed by atoms with Crippen molar-refractivity contribution >= 4 is 16.8 Å². The summed E-state index contributed by atoms with van der Waals surface area (Å²) < 4.78 is 5.17. The van der Waals surface area contributed by atoms with Crippen molar-refractivity contribution in [2.24, 2.45) is 5.92 Å². The first kappa shape index (κ1) is 16.9. The van der Waals surface area contributed by atoms with Gasteiger partial charge in [-0.2, -0.15) is 4.98 Å². The van der Waals surface area contributed by atoms with Crippen LogP contribution in [0.4, 0.5) is 0 Å². The zero-order valence-corrected chi connectivity index (χ0v) is 14.2. The Morgan fingerprint density at radius 1 is 1.32 bits per heavy atom. The van der Waals surface area contributed by atoms with Crippen LogP contribution in [0, 0.1) is 5.92 Å². The molecule has 0 saturated heterocycles. The Hall–Kier alpha value is -2.96. The first-order valence-electron chi connectivity index (χ1n) is 8.24. The van der Waals surface area contributed by atoms with E-state index >= 15 is 0 Å². The summed E-state index contributed by atoms with van der Waals surface area (Å²) in [6, 6.07) is 9.21. The number of nitrogens with one attached hydrogen (secondary N) is 2. The summed E-state index contributed by atoms with van der Waals surface area (Å²) in [6.07, 6.45) is 0.602. The number of rotatable bonds is 6. The molecule has 0 unspecified atom stereocenters. The normalized spacial score (nSPS) is 11.2. The van der Waals surface area contributed by atoms with Gasteiger partial charge in [-0.3, -0.25) is 9.59 Å². The number of pyridine rings is 1. The van der Waals surface area contributed by atoms with E-state index in [-0.39, 0.29) is 23.7 Å². The maximum Gasteiger partial charge on any atom is 0.259 e. The maximum absolute atomic E-state index is 12.2. The molecule has 0 spiro atoms. The summed E-state index contributed by atoms with van der Waals surface area (Å²) in [7, 11) is 0. The van der Waals surface area contributed by atoms with Gasteiger partial charge in [0, 0.05) is 24.9 Å². The molecule has 7 nitrogen and oxygen atoms in total. The van der Waals surface area contributed by atoms with E-state index in [4.69, 9.17) is 4.52 Å². The lowest BCUT2D eigenvalue weighted by atomic mass is 10.1. The monoisotopic (exact) mass is 340 g/mol. The Bertz CT molecular complexity index is 943. The number of para-hydroxylation sites is 1. The average molecular weight is 340 g/mol. The van der Waals surface area contributed by atoms with Crippen LogP contribution in [-0.4, -0.2) is 27.6 Å². The highest BCUT2D eigenvalue weighted by Gasteiger charge is 2.14. The van der Waals surface area contributed by atoms with Crippen molar-refractivity contribution in [1.82, 2.24) is 20.4 Å². The van der Waals surface area contributed by atoms with Gasteiger partial charge in [-0.1, -0.05) is 37.2 Å². The van der Waals surface area contributed by atoms with E-state index < -0.39 is 0 Å². The molecule has 130 valence electrons. The number of aromatic amines is 1. The largest absolute Gasteiger partial charge is 0.356 e. The molecule has 1 aromatic carbocycles. The van der Waals surface area contributed by atoms with Gasteiger partial charge < -0.3 is 14.8 Å². The highest BCUT2D eigenvalue weighted by atomic mass is 16.5. The Morgan fingerprint density at radius 2 is 2.12 bits per heavy atom. The molecule has 3 aromatic rings. The summed E-state index contributed by atoms with van der Waals surface area (Å²) >= 11 is 0. The van der Waals surface area contributed by atoms with Crippen LogP contribution >= 0.6 is 0 Å². The molecule has 0 aliphatic carbocycles. The first-order valence-corrected chi connectivity index (χ1v) is 8.24. The minimum absolute atomic E-state index is 0.0583. The van der Waals surface area contributed by atoms with Crippen LogP contribution in [-0.2, 0) is 11.2 Å². The summed E-state index contributed by atoms with van der Waals surface area (Å²) in [6.45, 7) is 4.71. The molecule has 2 N–H and O–H groups in total. The number of carbonyl (C=O) groups is 1. The third-order valence-electron chi connectivity index (χ3n) is 3.74. The van der Waals surface area contributed by atoms with E-state index in [0.29, 0.717) is 30.3 Å². The number of H-pyrrole nitrogens is 1. The second kappa shape index (κ2) is 7.29. The molecule has 25 heavy (non-hydrogen) atoms. The number of fused-ring (bicyclic) bond motifs is 1. The number of amides is 1. The summed E-state index contributed by atoms with van der Waals surface area (Å²) in [5, 5.41) is 7.59. The zero-order valence-electron chi connectivity index (χ0n) is 14.2. The molecule has 0 bridgehead atoms. The molecule has 0 fully saturated rings. The van der Waals surface area contributed by atoms with Gasteiger partial charge in [-0.15, -0.1) is 0 Å². The molecule has 1 amide bonds. The molecule has 2 heterocycles. The topological polar surface area (TPSA) is 101 Å². The fraction of sp³-hybridized carbons (Fsp3) is 0.333. The third-order valence-corrected chi connectivity index (χ3v) is 3.74. The summed E-state index contributed by atoms with van der Waals surface area (Å²) in [5.74, 6) is 0.905. The first-order chi connectivity index (χ1) is 12.0. The minimum atomic E-state index is -0.277. The lowest BCUT2D eigenvalue weighted by Crippen LogP contribution is -2.27. The minimum Gasteiger partial charge on any atom is -0.356 e. The second-order valence-electron chi connectivity index (χ2n) is 6.31. The van der Waals surface area contributed by atoms with Crippen LogP contribution in [0.3, 0.4) is 0 Å². The van der Waals surface area contributed by atoms with Crippen LogP contribution in [0.1, 0.15) is 26.2 Å². The van der Waals surface area contributed by atoms with Crippen molar-refractivity contribution in [1.29, 1.82) is 0 Å². The number of carbonyl (C=O) groups excluding carboxylic acids is 1. The van der Waals surface area contributed by atoms with Crippen molar-refractivity contribution in [3.8, 4) is 11.4 Å². The molecule has 0 aliphatic rings. The molecule has 0 radical (unpaired) electrons. The van der Waals surface area contributed by atoms with Crippen molar-refractivity contribution in [2.45, 2.75) is 26.7 Å². The Labute approximate surface area is 144 Å². The standard InChI is InChI=1S/C18H20N4O3/c1-11(2)10-19-15(23)7-8-16-21-17(22-25-16)13-9-12-5-3-4-6-14(12)20-18(13)24/h3-6,9,11H,7-8,10H2,1-2H3,(H,19,23)(H,20,24). The van der Waals surface area contributed by atoms with Gasteiger partial charge in [-0.05, 0) is 23.4 Å². The van der Waals surface area contributed by atoms with E-state index in [0.717, 1.165) is 10.9 Å². The van der Waals surface area contributed by atoms with Crippen molar-refractivity contribution in [3.05, 3.63) is 46.6 Å². The van der Waals surface area contributed by atoms with Crippen LogP contribution < -0.4 is 10.9 Å². The van der Waals surface area contributed by atoms with Gasteiger partial charge in [0.05, 0.1) is 5.56 Å². The third kappa shape index (κ3) is 4.12. The number of nitrogens with zero attached hydrogens (tertiary/aromatic N) is 2. The smallest absolute Gasteiger partial charge is 0.259 e. The molecule has 0 saturated carbocycles. The van der Waals surface area contributed by atoms with E-state index in [1.54, 1.807) is 6.07 Å². The molecule has 3 rings (SSSR count). The number of aromatic nitrogens is 3. The number of hydrogen-bond donors (Lipinski definition) is 2. The average Bonchev–Trinajstić information content (AvgIpc) is 3.06. The van der Waals surface area contributed by atoms with Crippen molar-refractivity contribution in [3.63, 3.8) is 0 Å². The van der Waals surface area contributed by atoms with Gasteiger partial charge >= 0.3 is 0 Å². The Morgan fingerprint density at radius 3 is 2.92 bits per heavy atom. The van der Waals surface area contributed by atoms with Crippen LogP contribution in [0.25, 0.3) is 22.3 Å². The SMILES string of the molecule is CC(C)CNC(=O)CCc1nc(-c2cc3ccccc3[nH]c2=O)no1. The molecule has 2 aromatic heterocycles. The highest BCUT2D eigenvalue weighted by Crippen LogP contribution is 2.17. The van der Waals surface area contributed by atoms with E-state index in [9.17, 15) is 9.59 Å². The number of hydrogen-bond acceptors (Lipinski definition) is 5. The van der Waals surface area contributed by atoms with E-state index in [1.165, 1.54) is 0 Å². The van der Waals surface area contributed by atoms with Gasteiger partial charge in [-0.25, -0.2) is 0 Å². The second-order valence-corrected chi connectivity index (χ2v) is 6.31. The predicted octanol–water partition coefficient (Wildman–Crippen LogP) is 2.28. The predicted molar refractivity (Wildman–Crippen MR) is 94.0 cm³/mol. The number of benzene rings is 1. The van der Waals surface area contributed by atoms with Crippen molar-refractivity contribution < 1.29 is 9.32 Å². The van der Waals surface area contributed by atoms with Crippen LogP contribution in [0.2, 0.25) is 0 Å². The van der Waals surface area contributed by atoms with Gasteiger partial charge in [0.25, 0.3) is 5.56 Å². The summed E-state index contributed by atoms with van der Waals surface area (Å²) in [5.41, 5.74) is 0.820. The zero-order chi connectivity index (χ0) is 17.8. The fourth-order valence-electron chi connectivity index (χ4n) is 2.41. The lowest BCUT2D eigenvalue weighted by molar-refractivity contribution is -0.121. The fourth-order valence-corrected chi connectivity index (χ4v) is 2.41. The van der Waals surface area contributed by atoms with E-state index in [1.807, 2.05) is 38.1 Å². The van der Waals surface area contributed by atoms with Crippen LogP contribution in [0.5, 0.6) is 0 Å². The molecular weight excluding hydrogens is 320 g/mol. The number of aryl methyl sites for hydroxylation is 1. The summed E-state index contributed by atoms with van der Waals surface area (Å²) in [4.78, 5) is 31.0. The molecule has 0 atom stereocenters. The Kier molecular flexibility index (Phi) is 4.92. The Balaban J connectivity index is 1.72. The van der Waals surface area contributed by atoms with Gasteiger partial charge in [0.1, 0.15) is 0 Å². The van der Waals surface area contributed by atoms with Gasteiger partial charge in [0.2, 0.25) is 17.6 Å². The van der Waals surface area contributed by atoms with Crippen LogP contribution in [0.15, 0.2) is 39.6 Å². The molecular formula is C18H20N4O3. The van der Waals surface area contributed by atoms with E-state index in [2.05, 4.69) is 20.4 Å². The molecule has 0 aliphatic heterocycles. The molecule has 7 heteroatoms. The maximum atomic E-state index is 12.2. The van der Waals surface area contributed by atoms with Gasteiger partial charge in [0.15, 0.2) is 0 Å².